The van der Waals surface area contributed by atoms with E-state index in [1.165, 1.54) is 107 Å². The minimum atomic E-state index is -4.31. The van der Waals surface area contributed by atoms with Crippen molar-refractivity contribution in [2.45, 2.75) is 179 Å². The molecule has 8 atom stereocenters. The van der Waals surface area contributed by atoms with E-state index >= 15 is 0 Å². The number of rotatable bonds is 42. The topological polar surface area (TPSA) is 125 Å². The minimum Gasteiger partial charge on any atom is -0.555 e. The summed E-state index contributed by atoms with van der Waals surface area (Å²) in [6.45, 7) is 15.7. The van der Waals surface area contributed by atoms with Gasteiger partial charge in [0.05, 0.1) is 74.3 Å². The molecule has 6 radical (unpaired) electrons. The van der Waals surface area contributed by atoms with E-state index in [2.05, 4.69) is 129 Å². The second kappa shape index (κ2) is 75.2. The van der Waals surface area contributed by atoms with Crippen molar-refractivity contribution in [3.8, 4) is 46.3 Å². The molecular formula is C112H122Cl7F3O10S6Y6-6. The monoisotopic (exact) mass is 2650 g/mol. The van der Waals surface area contributed by atoms with Crippen molar-refractivity contribution in [2.75, 3.05) is 63.5 Å². The molecule has 760 valence electrons. The van der Waals surface area contributed by atoms with Crippen LogP contribution < -0.4 is 28.4 Å². The molecule has 144 heavy (non-hydrogen) atoms. The standard InChI is InChI=1S/C21H20ClOS2.C20H22ClO3S.C20H20F3OS.C18H19Cl2O.C17H22ClO2.C16H19Cl2O2S2.6Y/c22-21-12-16-9-10-18(13-20(16)25-21)23-14-17-6-1-4-15(17)5-2-7-19-8-3-11-24-19;1-2-17-4-5-18(25-17)9-14-3-6-20(23)19(14)12-24-16-8-13(11-22)7-15(21)10-16;21-20(22,23)17-9-11-18(12-10-17)24-14-16-6-1-4-15(16)5-2-7-19-8-3-13-25-19;1-2-3-4-5-7-14-8-6-9-15(14)13-21-18-11-16(19)10-17(20)12-18;1-19-11-3-2-6-14-7-4-8-15(14)13-20-17-10-5-9-16(18)12-17;1-2-21-5-6-22-16-4-3-15(19)14(16)10-20-13-8-11(17)7-12(18)9-13;;;;;;/h3-4,8-10,12-13,17H,1-2,5-7,14H2;3-5,7-8,10,19-20,22-23H,1-2,6,9,11-12H2;3-4,8-12,16H,1-2,5-7,14H2;8,10-12,15H,1-3,6-7,9,13H2;5,7,9-10,12,15H,1-4,6,8,11,13H2;4,7-9,14-15,19H,1-3,5-6,10H2;;;;;;/q6*-1;;;;;;/t17-;19-,20-;16-;2*15-;14-,15+;;;;;;/m111110....../s1. The fourth-order valence-corrected chi connectivity index (χ4v) is 23.7. The van der Waals surface area contributed by atoms with Gasteiger partial charge in [0.15, 0.2) is 0 Å². The van der Waals surface area contributed by atoms with Gasteiger partial charge in [-0.25, -0.2) is 19.2 Å². The van der Waals surface area contributed by atoms with Crippen molar-refractivity contribution in [1.82, 2.24) is 0 Å². The van der Waals surface area contributed by atoms with Crippen LogP contribution in [0.15, 0.2) is 233 Å². The van der Waals surface area contributed by atoms with Crippen molar-refractivity contribution < 1.29 is 258 Å². The molecular weight excluding hydrogens is 2540 g/mol. The quantitative estimate of drug-likeness (QED) is 0.0146. The Bertz CT molecular complexity index is 5580. The number of alkyl halides is 3. The zero-order valence-electron chi connectivity index (χ0n) is 81.1. The maximum absolute atomic E-state index is 12.6. The van der Waals surface area contributed by atoms with Crippen molar-refractivity contribution >= 4 is 160 Å². The van der Waals surface area contributed by atoms with Gasteiger partial charge in [-0.15, -0.1) is 73.0 Å². The van der Waals surface area contributed by atoms with Gasteiger partial charge in [0.25, 0.3) is 0 Å². The molecule has 10 nitrogen and oxygen atoms in total. The number of hydrogen-bond donors (Lipinski definition) is 3. The molecule has 0 aliphatic heterocycles. The average molecular weight is 2660 g/mol. The number of aliphatic hydroxyl groups is 3. The first-order valence-electron chi connectivity index (χ1n) is 47.1. The SMILES string of the molecule is Clc1cc2ccc(OC[C@H]3CCC=C3CCCc3cc[c-]s3)cc2s1.FC(F)(F)c1ccc(OC[C@H]2CCC=C2CCCc2cc[c-]s2)cc1.[CH2-]CCC#CCC1=CCC[C@@H]1COc1cc(Cl)cc(Cl)c1.[CH2-]CSCCSC1=CC[C@@H](O)[C@@H]1COc1cc(Cl)cc(Cl)c1.[CH2-]Cc1ccc(CC2=CC[C@@H](O)[C@@H]2COc2cc(Cl)cc(CO)c2)s1.[CH2-]OCCCCC1=CCC[C@@H]1COc1cccc(Cl)c1.[Y].[Y].[Y].[Y].[Y].[Y]. The van der Waals surface area contributed by atoms with Crippen LogP contribution in [0, 0.1) is 86.0 Å². The van der Waals surface area contributed by atoms with E-state index in [-0.39, 0.29) is 221 Å². The van der Waals surface area contributed by atoms with E-state index in [0.717, 1.165) is 179 Å². The predicted octanol–water partition coefficient (Wildman–Crippen LogP) is 33.3. The molecule has 6 aromatic carbocycles. The zero-order chi connectivity index (χ0) is 97.8. The fraction of sp³-hybridized carbons (Fsp3) is 0.393. The van der Waals surface area contributed by atoms with E-state index in [4.69, 9.17) is 114 Å². The van der Waals surface area contributed by atoms with E-state index < -0.39 is 17.8 Å². The molecule has 16 rings (SSSR count). The normalized spacial score (nSPS) is 17.7. The Morgan fingerprint density at radius 1 is 0.444 bits per heavy atom. The molecule has 6 aliphatic rings. The first kappa shape index (κ1) is 135. The van der Waals surface area contributed by atoms with E-state index in [0.29, 0.717) is 111 Å². The first-order valence-corrected chi connectivity index (χ1v) is 55.1. The van der Waals surface area contributed by atoms with Crippen LogP contribution in [0.4, 0.5) is 13.2 Å². The number of hydrogen-bond acceptors (Lipinski definition) is 16. The molecule has 0 amide bonds. The van der Waals surface area contributed by atoms with Crippen LogP contribution in [0.5, 0.6) is 34.5 Å². The van der Waals surface area contributed by atoms with Gasteiger partial charge in [-0.3, -0.25) is 0 Å². The van der Waals surface area contributed by atoms with Gasteiger partial charge >= 0.3 is 6.18 Å². The largest absolute Gasteiger partial charge is 0.555 e. The average Bonchev–Trinajstić information content (AvgIpc) is 1.67. The van der Waals surface area contributed by atoms with E-state index in [9.17, 15) is 28.5 Å². The van der Waals surface area contributed by atoms with Gasteiger partial charge in [-0.1, -0.05) is 189 Å². The number of thioether (sulfide) groups is 2. The number of benzene rings is 6. The Morgan fingerprint density at radius 2 is 0.931 bits per heavy atom. The molecule has 32 heteroatoms. The molecule has 0 bridgehead atoms. The van der Waals surface area contributed by atoms with Crippen molar-refractivity contribution in [3.63, 3.8) is 0 Å². The minimum absolute atomic E-state index is 0. The van der Waals surface area contributed by atoms with Crippen molar-refractivity contribution in [1.29, 1.82) is 0 Å². The second-order valence-electron chi connectivity index (χ2n) is 34.2. The summed E-state index contributed by atoms with van der Waals surface area (Å²) >= 11 is 52.4. The van der Waals surface area contributed by atoms with Gasteiger partial charge in [0, 0.05) is 297 Å². The number of fused-ring (bicyclic) bond motifs is 1. The molecule has 6 aliphatic carbocycles. The number of thiophene rings is 4. The van der Waals surface area contributed by atoms with Crippen LogP contribution in [0.3, 0.4) is 0 Å². The van der Waals surface area contributed by atoms with E-state index in [1.807, 2.05) is 54.2 Å². The maximum Gasteiger partial charge on any atom is 0.416 e. The predicted molar refractivity (Wildman–Crippen MR) is 577 cm³/mol. The summed E-state index contributed by atoms with van der Waals surface area (Å²) in [5, 5.41) is 40.7. The van der Waals surface area contributed by atoms with Crippen LogP contribution in [0.1, 0.15) is 159 Å². The third-order valence-corrected chi connectivity index (χ3v) is 31.8. The maximum atomic E-state index is 12.6. The summed E-state index contributed by atoms with van der Waals surface area (Å²) in [5.74, 6) is 15.5. The smallest absolute Gasteiger partial charge is 0.416 e. The van der Waals surface area contributed by atoms with Crippen LogP contribution in [-0.2, 0) is 239 Å². The number of aliphatic hydroxyl groups excluding tert-OH is 3. The number of aryl methyl sites for hydroxylation is 2. The van der Waals surface area contributed by atoms with E-state index in [1.54, 1.807) is 117 Å². The summed E-state index contributed by atoms with van der Waals surface area (Å²) in [4.78, 5) is 6.57. The second-order valence-corrected chi connectivity index (χ2v) is 44.1. The van der Waals surface area contributed by atoms with Gasteiger partial charge in [-0.05, 0) is 251 Å². The third-order valence-electron chi connectivity index (χ3n) is 24.2. The zero-order valence-corrected chi connectivity index (χ0v) is 108. The Labute approximate surface area is 1060 Å². The first-order chi connectivity index (χ1) is 67.0. The Morgan fingerprint density at radius 3 is 1.45 bits per heavy atom. The molecule has 0 fully saturated rings. The Hall–Kier alpha value is 0.163. The van der Waals surface area contributed by atoms with Crippen LogP contribution in [0.2, 0.25) is 34.5 Å². The summed E-state index contributed by atoms with van der Waals surface area (Å²) in [6, 6.07) is 48.9. The van der Waals surface area contributed by atoms with Crippen molar-refractivity contribution in [3.05, 3.63) is 337 Å². The molecule has 4 heterocycles. The Kier molecular flexibility index (Phi) is 70.3. The summed E-state index contributed by atoms with van der Waals surface area (Å²) in [6.07, 6.45) is 33.4. The fourth-order valence-electron chi connectivity index (χ4n) is 16.9. The third kappa shape index (κ3) is 49.1. The van der Waals surface area contributed by atoms with Gasteiger partial charge in [0.1, 0.15) is 34.5 Å². The van der Waals surface area contributed by atoms with Crippen LogP contribution in [-0.4, -0.2) is 91.0 Å². The van der Waals surface area contributed by atoms with Gasteiger partial charge < -0.3 is 91.9 Å². The molecule has 3 N–H and O–H groups in total. The molecule has 0 saturated heterocycles. The van der Waals surface area contributed by atoms with Gasteiger partial charge in [-0.2, -0.15) is 43.5 Å². The molecule has 0 saturated carbocycles. The Balaban J connectivity index is 0.000000302. The number of allylic oxidation sites excluding steroid dienone is 4. The van der Waals surface area contributed by atoms with Crippen LogP contribution in [0.25, 0.3) is 10.1 Å². The summed E-state index contributed by atoms with van der Waals surface area (Å²) in [7, 11) is 3.39. The number of halogens is 10. The summed E-state index contributed by atoms with van der Waals surface area (Å²) in [5.41, 5.74) is 7.22. The molecule has 10 aromatic rings. The number of ether oxygens (including phenoxy) is 7. The molecule has 0 spiro atoms. The van der Waals surface area contributed by atoms with Crippen LogP contribution >= 0.6 is 150 Å². The molecule has 0 unspecified atom stereocenters. The van der Waals surface area contributed by atoms with Crippen molar-refractivity contribution in [2.24, 2.45) is 35.5 Å². The number of unbranched alkanes of at least 4 members (excludes halogenated alkanes) is 2. The molecule has 4 aromatic heterocycles. The van der Waals surface area contributed by atoms with Gasteiger partial charge in [0.2, 0.25) is 0 Å². The summed E-state index contributed by atoms with van der Waals surface area (Å²) < 4.78 is 79.8.